The molecule has 32 heavy (non-hydrogen) atoms. The molecule has 3 aromatic carbocycles. The monoisotopic (exact) mass is 452 g/mol. The first-order valence-electron chi connectivity index (χ1n) is 11.0. The van der Waals surface area contributed by atoms with E-state index in [1.54, 1.807) is 16.4 Å². The number of halogens is 1. The maximum absolute atomic E-state index is 13.8. The highest BCUT2D eigenvalue weighted by atomic mass is 32.2. The molecule has 4 nitrogen and oxygen atoms in total. The van der Waals surface area contributed by atoms with Crippen LogP contribution in [0.15, 0.2) is 77.7 Å². The van der Waals surface area contributed by atoms with Gasteiger partial charge in [0.2, 0.25) is 0 Å². The van der Waals surface area contributed by atoms with Crippen LogP contribution in [0.2, 0.25) is 0 Å². The molecule has 6 heteroatoms. The molecule has 1 aliphatic rings. The molecule has 0 amide bonds. The number of hydrogen-bond acceptors (Lipinski definition) is 3. The second-order valence-electron chi connectivity index (χ2n) is 8.54. The molecule has 1 saturated heterocycles. The van der Waals surface area contributed by atoms with Crippen molar-refractivity contribution in [1.82, 2.24) is 4.90 Å². The lowest BCUT2D eigenvalue weighted by Gasteiger charge is -2.39. The molecule has 0 bridgehead atoms. The fourth-order valence-corrected chi connectivity index (χ4v) is 6.29. The fraction of sp³-hybridized carbons (Fsp3) is 0.308. The Labute approximate surface area is 190 Å². The van der Waals surface area contributed by atoms with Crippen molar-refractivity contribution in [3.8, 4) is 0 Å². The van der Waals surface area contributed by atoms with Gasteiger partial charge in [0.25, 0.3) is 10.0 Å². The molecule has 0 N–H and O–H groups in total. The molecule has 0 saturated carbocycles. The van der Waals surface area contributed by atoms with E-state index in [1.165, 1.54) is 12.1 Å². The van der Waals surface area contributed by atoms with Crippen molar-refractivity contribution in [2.24, 2.45) is 0 Å². The third-order valence-corrected chi connectivity index (χ3v) is 8.17. The summed E-state index contributed by atoms with van der Waals surface area (Å²) in [7, 11) is -3.71. The van der Waals surface area contributed by atoms with Crippen LogP contribution in [0.1, 0.15) is 29.5 Å². The lowest BCUT2D eigenvalue weighted by molar-refractivity contribution is 0.206. The molecule has 0 radical (unpaired) electrons. The minimum Gasteiger partial charge on any atom is -0.299 e. The third kappa shape index (κ3) is 4.87. The molecule has 0 unspecified atom stereocenters. The predicted octanol–water partition coefficient (Wildman–Crippen LogP) is 5.30. The summed E-state index contributed by atoms with van der Waals surface area (Å²) in [6.45, 7) is 6.15. The van der Waals surface area contributed by atoms with E-state index < -0.39 is 10.0 Å². The normalized spacial score (nSPS) is 15.6. The summed E-state index contributed by atoms with van der Waals surface area (Å²) in [5.41, 5.74) is 3.61. The standard InChI is InChI=1S/C26H29FN2O2S/c1-20-7-13-24(14-8-20)29(32(30,31)26-6-4-3-5-21(26)2)25-15-17-28(18-16-25)19-22-9-11-23(27)12-10-22/h3-14,25H,15-19H2,1-2H3. The number of anilines is 1. The fourth-order valence-electron chi connectivity index (χ4n) is 4.35. The second kappa shape index (κ2) is 9.43. The Morgan fingerprint density at radius 1 is 0.906 bits per heavy atom. The van der Waals surface area contributed by atoms with E-state index in [1.807, 2.05) is 62.4 Å². The highest BCUT2D eigenvalue weighted by Crippen LogP contribution is 2.32. The van der Waals surface area contributed by atoms with Crippen LogP contribution in [-0.2, 0) is 16.6 Å². The van der Waals surface area contributed by atoms with Gasteiger partial charge < -0.3 is 0 Å². The predicted molar refractivity (Wildman–Crippen MR) is 127 cm³/mol. The highest BCUT2D eigenvalue weighted by Gasteiger charge is 2.34. The van der Waals surface area contributed by atoms with Gasteiger partial charge in [-0.2, -0.15) is 0 Å². The number of aryl methyl sites for hydroxylation is 2. The smallest absolute Gasteiger partial charge is 0.264 e. The Kier molecular flexibility index (Phi) is 6.63. The summed E-state index contributed by atoms with van der Waals surface area (Å²) in [5.74, 6) is -0.234. The van der Waals surface area contributed by atoms with Gasteiger partial charge in [0.1, 0.15) is 5.82 Å². The first kappa shape index (κ1) is 22.5. The highest BCUT2D eigenvalue weighted by molar-refractivity contribution is 7.93. The maximum Gasteiger partial charge on any atom is 0.264 e. The maximum atomic E-state index is 13.8. The minimum absolute atomic E-state index is 0.119. The van der Waals surface area contributed by atoms with Crippen LogP contribution >= 0.6 is 0 Å². The number of hydrogen-bond donors (Lipinski definition) is 0. The van der Waals surface area contributed by atoms with Crippen LogP contribution in [0.4, 0.5) is 10.1 Å². The first-order chi connectivity index (χ1) is 15.3. The van der Waals surface area contributed by atoms with Gasteiger partial charge in [-0.25, -0.2) is 12.8 Å². The minimum atomic E-state index is -3.71. The summed E-state index contributed by atoms with van der Waals surface area (Å²) in [6.07, 6.45) is 1.47. The van der Waals surface area contributed by atoms with Crippen molar-refractivity contribution in [1.29, 1.82) is 0 Å². The summed E-state index contributed by atoms with van der Waals surface area (Å²) in [4.78, 5) is 2.66. The van der Waals surface area contributed by atoms with Gasteiger partial charge in [-0.3, -0.25) is 9.21 Å². The SMILES string of the molecule is Cc1ccc(N(C2CCN(Cc3ccc(F)cc3)CC2)S(=O)(=O)c2ccccc2C)cc1. The van der Waals surface area contributed by atoms with Crippen molar-refractivity contribution in [2.75, 3.05) is 17.4 Å². The first-order valence-corrected chi connectivity index (χ1v) is 12.4. The van der Waals surface area contributed by atoms with Gasteiger partial charge in [-0.1, -0.05) is 48.0 Å². The van der Waals surface area contributed by atoms with Gasteiger partial charge in [-0.15, -0.1) is 0 Å². The molecule has 0 aromatic heterocycles. The second-order valence-corrected chi connectivity index (χ2v) is 10.3. The van der Waals surface area contributed by atoms with Crippen LogP contribution in [0.3, 0.4) is 0 Å². The van der Waals surface area contributed by atoms with E-state index in [9.17, 15) is 12.8 Å². The van der Waals surface area contributed by atoms with E-state index in [0.717, 1.165) is 49.2 Å². The van der Waals surface area contributed by atoms with Crippen molar-refractivity contribution in [2.45, 2.75) is 44.2 Å². The molecule has 0 aliphatic carbocycles. The van der Waals surface area contributed by atoms with Crippen LogP contribution in [0, 0.1) is 19.7 Å². The van der Waals surface area contributed by atoms with E-state index >= 15 is 0 Å². The zero-order chi connectivity index (χ0) is 22.7. The lowest BCUT2D eigenvalue weighted by Crippen LogP contribution is -2.47. The Balaban J connectivity index is 1.58. The van der Waals surface area contributed by atoms with E-state index in [-0.39, 0.29) is 11.9 Å². The van der Waals surface area contributed by atoms with Gasteiger partial charge in [0.15, 0.2) is 0 Å². The average molecular weight is 453 g/mol. The van der Waals surface area contributed by atoms with E-state index in [0.29, 0.717) is 10.6 Å². The zero-order valence-electron chi connectivity index (χ0n) is 18.5. The molecule has 3 aromatic rings. The molecule has 1 aliphatic heterocycles. The molecule has 1 heterocycles. The number of rotatable bonds is 6. The van der Waals surface area contributed by atoms with E-state index in [2.05, 4.69) is 4.90 Å². The van der Waals surface area contributed by atoms with Crippen molar-refractivity contribution in [3.63, 3.8) is 0 Å². The van der Waals surface area contributed by atoms with Gasteiger partial charge in [0.05, 0.1) is 10.6 Å². The molecule has 4 rings (SSSR count). The number of piperidine rings is 1. The summed E-state index contributed by atoms with van der Waals surface area (Å²) in [6, 6.07) is 21.3. The van der Waals surface area contributed by atoms with Crippen molar-refractivity contribution < 1.29 is 12.8 Å². The Morgan fingerprint density at radius 2 is 1.53 bits per heavy atom. The largest absolute Gasteiger partial charge is 0.299 e. The Morgan fingerprint density at radius 3 is 2.16 bits per heavy atom. The summed E-state index contributed by atoms with van der Waals surface area (Å²) in [5, 5.41) is 0. The molecule has 168 valence electrons. The quantitative estimate of drug-likeness (QED) is 0.509. The molecular weight excluding hydrogens is 423 g/mol. The Hall–Kier alpha value is -2.70. The average Bonchev–Trinajstić information content (AvgIpc) is 2.78. The topological polar surface area (TPSA) is 40.6 Å². The summed E-state index contributed by atoms with van der Waals surface area (Å²) < 4.78 is 42.5. The number of nitrogens with zero attached hydrogens (tertiary/aromatic N) is 2. The van der Waals surface area contributed by atoms with Gasteiger partial charge in [-0.05, 0) is 68.1 Å². The van der Waals surface area contributed by atoms with E-state index in [4.69, 9.17) is 0 Å². The van der Waals surface area contributed by atoms with Crippen LogP contribution in [0.25, 0.3) is 0 Å². The van der Waals surface area contributed by atoms with Crippen molar-refractivity contribution in [3.05, 3.63) is 95.3 Å². The molecule has 1 fully saturated rings. The lowest BCUT2D eigenvalue weighted by atomic mass is 10.0. The number of sulfonamides is 1. The van der Waals surface area contributed by atoms with Gasteiger partial charge >= 0.3 is 0 Å². The van der Waals surface area contributed by atoms with Crippen LogP contribution in [-0.4, -0.2) is 32.4 Å². The summed E-state index contributed by atoms with van der Waals surface area (Å²) >= 11 is 0. The Bertz CT molecular complexity index is 1150. The van der Waals surface area contributed by atoms with Gasteiger partial charge in [0, 0.05) is 25.7 Å². The molecule has 0 atom stereocenters. The number of likely N-dealkylation sites (tertiary alicyclic amines) is 1. The number of benzene rings is 3. The molecule has 0 spiro atoms. The zero-order valence-corrected chi connectivity index (χ0v) is 19.4. The molecular formula is C26H29FN2O2S. The van der Waals surface area contributed by atoms with Crippen molar-refractivity contribution >= 4 is 15.7 Å². The van der Waals surface area contributed by atoms with Crippen LogP contribution < -0.4 is 4.31 Å². The third-order valence-electron chi connectivity index (χ3n) is 6.13. The van der Waals surface area contributed by atoms with Crippen LogP contribution in [0.5, 0.6) is 0 Å².